The lowest BCUT2D eigenvalue weighted by molar-refractivity contribution is -0.113. The van der Waals surface area contributed by atoms with Gasteiger partial charge < -0.3 is 14.6 Å². The van der Waals surface area contributed by atoms with Crippen molar-refractivity contribution < 1.29 is 9.53 Å². The van der Waals surface area contributed by atoms with Crippen LogP contribution in [-0.4, -0.2) is 31.4 Å². The van der Waals surface area contributed by atoms with Crippen molar-refractivity contribution in [2.45, 2.75) is 28.7 Å². The topological polar surface area (TPSA) is 81.9 Å². The summed E-state index contributed by atoms with van der Waals surface area (Å²) in [6, 6.07) is 25.0. The quantitative estimate of drug-likeness (QED) is 0.200. The normalized spacial score (nSPS) is 11.0. The summed E-state index contributed by atoms with van der Waals surface area (Å²) in [4.78, 5) is 17.2. The molecule has 2 aromatic heterocycles. The van der Waals surface area contributed by atoms with E-state index < -0.39 is 0 Å². The van der Waals surface area contributed by atoms with E-state index in [0.29, 0.717) is 17.2 Å². The molecule has 3 aromatic carbocycles. The standard InChI is InChI=1S/C26H23N5O2S3/c1-2-31-23(16-35-26-28-21-10-6-7-11-22(21)36-26)29-30-25(31)34-17-24(32)27-18-12-14-20(15-13-18)33-19-8-4-3-5-9-19/h3-15H,2,16-17H2,1H3,(H,27,32). The molecule has 5 aromatic rings. The maximum Gasteiger partial charge on any atom is 0.234 e. The molecule has 0 spiro atoms. The third-order valence-electron chi connectivity index (χ3n) is 5.16. The fourth-order valence-corrected chi connectivity index (χ4v) is 6.28. The molecule has 0 fully saturated rings. The van der Waals surface area contributed by atoms with Gasteiger partial charge in [0.2, 0.25) is 5.91 Å². The first-order valence-corrected chi connectivity index (χ1v) is 14.1. The number of ether oxygens (including phenoxy) is 1. The van der Waals surface area contributed by atoms with Crippen molar-refractivity contribution >= 4 is 56.7 Å². The van der Waals surface area contributed by atoms with Gasteiger partial charge in [0, 0.05) is 12.2 Å². The van der Waals surface area contributed by atoms with E-state index in [0.717, 1.165) is 33.1 Å². The molecule has 182 valence electrons. The number of carbonyl (C=O) groups excluding carboxylic acids is 1. The molecule has 0 radical (unpaired) electrons. The first-order chi connectivity index (χ1) is 17.7. The zero-order valence-corrected chi connectivity index (χ0v) is 21.9. The molecule has 0 aliphatic heterocycles. The third kappa shape index (κ3) is 6.07. The minimum Gasteiger partial charge on any atom is -0.457 e. The fourth-order valence-electron chi connectivity index (χ4n) is 3.45. The first-order valence-electron chi connectivity index (χ1n) is 11.3. The lowest BCUT2D eigenvalue weighted by Gasteiger charge is -2.09. The highest BCUT2D eigenvalue weighted by molar-refractivity contribution is 8.00. The summed E-state index contributed by atoms with van der Waals surface area (Å²) in [5.41, 5.74) is 1.73. The smallest absolute Gasteiger partial charge is 0.234 e. The van der Waals surface area contributed by atoms with Gasteiger partial charge in [-0.2, -0.15) is 0 Å². The van der Waals surface area contributed by atoms with Crippen molar-refractivity contribution in [2.24, 2.45) is 0 Å². The molecule has 0 atom stereocenters. The van der Waals surface area contributed by atoms with E-state index in [1.807, 2.05) is 77.4 Å². The van der Waals surface area contributed by atoms with Gasteiger partial charge in [-0.15, -0.1) is 21.5 Å². The maximum absolute atomic E-state index is 12.5. The van der Waals surface area contributed by atoms with Gasteiger partial charge in [-0.1, -0.05) is 53.9 Å². The second-order valence-electron chi connectivity index (χ2n) is 7.66. The number of rotatable bonds is 10. The zero-order valence-electron chi connectivity index (χ0n) is 19.5. The Labute approximate surface area is 221 Å². The van der Waals surface area contributed by atoms with E-state index in [-0.39, 0.29) is 11.7 Å². The number of carbonyl (C=O) groups is 1. The van der Waals surface area contributed by atoms with Crippen LogP contribution < -0.4 is 10.1 Å². The van der Waals surface area contributed by atoms with Gasteiger partial charge in [0.05, 0.1) is 21.7 Å². The summed E-state index contributed by atoms with van der Waals surface area (Å²) in [5.74, 6) is 3.16. The number of fused-ring (bicyclic) bond motifs is 1. The highest BCUT2D eigenvalue weighted by Gasteiger charge is 2.15. The zero-order chi connectivity index (χ0) is 24.7. The fraction of sp³-hybridized carbons (Fsp3) is 0.154. The Morgan fingerprint density at radius 2 is 1.69 bits per heavy atom. The van der Waals surface area contributed by atoms with Gasteiger partial charge in [0.15, 0.2) is 9.50 Å². The highest BCUT2D eigenvalue weighted by Crippen LogP contribution is 2.31. The van der Waals surface area contributed by atoms with Gasteiger partial charge in [0.1, 0.15) is 17.3 Å². The molecule has 0 saturated heterocycles. The van der Waals surface area contributed by atoms with E-state index in [9.17, 15) is 4.79 Å². The molecule has 0 aliphatic rings. The number of amides is 1. The summed E-state index contributed by atoms with van der Waals surface area (Å²) in [6.45, 7) is 2.79. The lowest BCUT2D eigenvalue weighted by atomic mass is 10.3. The molecule has 7 nitrogen and oxygen atoms in total. The molecular weight excluding hydrogens is 511 g/mol. The van der Waals surface area contributed by atoms with Crippen LogP contribution in [0.1, 0.15) is 12.7 Å². The van der Waals surface area contributed by atoms with Crippen LogP contribution in [0.4, 0.5) is 5.69 Å². The summed E-state index contributed by atoms with van der Waals surface area (Å²) >= 11 is 4.72. The number of para-hydroxylation sites is 2. The van der Waals surface area contributed by atoms with Crippen LogP contribution in [0.5, 0.6) is 11.5 Å². The number of benzene rings is 3. The van der Waals surface area contributed by atoms with Crippen LogP contribution in [0.3, 0.4) is 0 Å². The lowest BCUT2D eigenvalue weighted by Crippen LogP contribution is -2.14. The van der Waals surface area contributed by atoms with Crippen LogP contribution >= 0.6 is 34.9 Å². The number of nitrogens with one attached hydrogen (secondary N) is 1. The van der Waals surface area contributed by atoms with Crippen LogP contribution in [-0.2, 0) is 17.1 Å². The number of nitrogens with zero attached hydrogens (tertiary/aromatic N) is 4. The monoisotopic (exact) mass is 533 g/mol. The molecule has 1 N–H and O–H groups in total. The molecule has 0 bridgehead atoms. The molecular formula is C26H23N5O2S3. The molecule has 0 unspecified atom stereocenters. The molecule has 10 heteroatoms. The number of anilines is 1. The third-order valence-corrected chi connectivity index (χ3v) is 8.30. The van der Waals surface area contributed by atoms with E-state index >= 15 is 0 Å². The number of thioether (sulfide) groups is 2. The Morgan fingerprint density at radius 3 is 2.47 bits per heavy atom. The predicted molar refractivity (Wildman–Crippen MR) is 147 cm³/mol. The van der Waals surface area contributed by atoms with Gasteiger partial charge in [0.25, 0.3) is 0 Å². The van der Waals surface area contributed by atoms with Crippen molar-refractivity contribution in [2.75, 3.05) is 11.1 Å². The molecule has 0 saturated carbocycles. The summed E-state index contributed by atoms with van der Waals surface area (Å²) in [6.07, 6.45) is 0. The van der Waals surface area contributed by atoms with Crippen LogP contribution in [0.15, 0.2) is 88.4 Å². The highest BCUT2D eigenvalue weighted by atomic mass is 32.2. The van der Waals surface area contributed by atoms with Gasteiger partial charge in [-0.25, -0.2) is 4.98 Å². The molecule has 1 amide bonds. The minimum absolute atomic E-state index is 0.104. The minimum atomic E-state index is -0.104. The Balaban J connectivity index is 1.13. The Kier molecular flexibility index (Phi) is 7.85. The second kappa shape index (κ2) is 11.6. The van der Waals surface area contributed by atoms with Crippen molar-refractivity contribution in [3.8, 4) is 11.5 Å². The Bertz CT molecular complexity index is 1420. The predicted octanol–water partition coefficient (Wildman–Crippen LogP) is 6.72. The van der Waals surface area contributed by atoms with Crippen molar-refractivity contribution in [3.63, 3.8) is 0 Å². The van der Waals surface area contributed by atoms with Crippen molar-refractivity contribution in [1.82, 2.24) is 19.7 Å². The second-order valence-corrected chi connectivity index (χ2v) is 10.9. The van der Waals surface area contributed by atoms with E-state index in [2.05, 4.69) is 33.5 Å². The summed E-state index contributed by atoms with van der Waals surface area (Å²) in [5, 5.41) is 12.3. The maximum atomic E-state index is 12.5. The number of hydrogen-bond donors (Lipinski definition) is 1. The first kappa shape index (κ1) is 24.4. The Hall–Kier alpha value is -3.34. The SMILES string of the molecule is CCn1c(CSc2nc3ccccc3s2)nnc1SCC(=O)Nc1ccc(Oc2ccccc2)cc1. The molecule has 2 heterocycles. The summed E-state index contributed by atoms with van der Waals surface area (Å²) in [7, 11) is 0. The molecule has 0 aliphatic carbocycles. The largest absolute Gasteiger partial charge is 0.457 e. The van der Waals surface area contributed by atoms with Gasteiger partial charge in [-0.3, -0.25) is 4.79 Å². The Morgan fingerprint density at radius 1 is 0.944 bits per heavy atom. The van der Waals surface area contributed by atoms with E-state index in [4.69, 9.17) is 4.74 Å². The van der Waals surface area contributed by atoms with Crippen LogP contribution in [0.2, 0.25) is 0 Å². The van der Waals surface area contributed by atoms with Gasteiger partial charge >= 0.3 is 0 Å². The number of aromatic nitrogens is 4. The summed E-state index contributed by atoms with van der Waals surface area (Å²) < 4.78 is 10.0. The average molecular weight is 534 g/mol. The van der Waals surface area contributed by atoms with Crippen LogP contribution in [0, 0.1) is 0 Å². The molecule has 5 rings (SSSR count). The van der Waals surface area contributed by atoms with Gasteiger partial charge in [-0.05, 0) is 55.5 Å². The van der Waals surface area contributed by atoms with Crippen LogP contribution in [0.25, 0.3) is 10.2 Å². The van der Waals surface area contributed by atoms with E-state index in [1.165, 1.54) is 16.5 Å². The molecule has 36 heavy (non-hydrogen) atoms. The van der Waals surface area contributed by atoms with Crippen molar-refractivity contribution in [1.29, 1.82) is 0 Å². The van der Waals surface area contributed by atoms with E-state index in [1.54, 1.807) is 23.1 Å². The van der Waals surface area contributed by atoms with Crippen molar-refractivity contribution in [3.05, 3.63) is 84.7 Å². The number of thiazole rings is 1. The number of hydrogen-bond acceptors (Lipinski definition) is 8. The average Bonchev–Trinajstić information content (AvgIpc) is 3.51.